The summed E-state index contributed by atoms with van der Waals surface area (Å²) in [5.41, 5.74) is 9.63. The molecule has 0 saturated heterocycles. The van der Waals surface area contributed by atoms with E-state index in [4.69, 9.17) is 0 Å². The van der Waals surface area contributed by atoms with Gasteiger partial charge in [-0.1, -0.05) is 54.2 Å². The molecule has 0 aliphatic carbocycles. The Bertz CT molecular complexity index is 1600. The van der Waals surface area contributed by atoms with Crippen molar-refractivity contribution < 1.29 is 0 Å². The first-order valence-corrected chi connectivity index (χ1v) is 13.3. The third kappa shape index (κ3) is 3.92. The van der Waals surface area contributed by atoms with E-state index in [9.17, 15) is 0 Å². The summed E-state index contributed by atoms with van der Waals surface area (Å²) in [6.45, 7) is 0.833. The van der Waals surface area contributed by atoms with E-state index in [0.29, 0.717) is 0 Å². The largest absolute Gasteiger partial charge is 0.355 e. The highest BCUT2D eigenvalue weighted by Gasteiger charge is 2.27. The fraction of sp³-hybridized carbons (Fsp3) is 0.0938. The molecule has 0 bridgehead atoms. The summed E-state index contributed by atoms with van der Waals surface area (Å²) in [4.78, 5) is 14.2. The number of para-hydroxylation sites is 3. The Morgan fingerprint density at radius 1 is 0.676 bits per heavy atom. The average molecular weight is 499 g/mol. The standard InChI is InChI=1S/C32H26N4S/c1-34-22-35(28-13-3-2-12-27(28)34)25-10-8-11-26(21-25)36-29-14-4-5-15-31(29)37-32-17-16-23(20-30(32)36)19-24-9-6-7-18-33-24/h2-18,20-21H,19,22H2,1H3. The Balaban J connectivity index is 1.33. The van der Waals surface area contributed by atoms with Crippen molar-refractivity contribution in [3.05, 3.63) is 127 Å². The molecule has 2 aliphatic rings. The minimum absolute atomic E-state index is 0.811. The van der Waals surface area contributed by atoms with Crippen molar-refractivity contribution in [3.8, 4) is 0 Å². The van der Waals surface area contributed by atoms with E-state index in [-0.39, 0.29) is 0 Å². The van der Waals surface area contributed by atoms with Gasteiger partial charge in [0, 0.05) is 46.5 Å². The zero-order valence-corrected chi connectivity index (χ0v) is 21.4. The minimum atomic E-state index is 0.811. The van der Waals surface area contributed by atoms with E-state index in [1.54, 1.807) is 0 Å². The summed E-state index contributed by atoms with van der Waals surface area (Å²) in [5, 5.41) is 0. The molecule has 0 radical (unpaired) electrons. The van der Waals surface area contributed by atoms with E-state index in [1.165, 1.54) is 43.8 Å². The molecule has 0 unspecified atom stereocenters. The summed E-state index contributed by atoms with van der Waals surface area (Å²) >= 11 is 1.84. The second kappa shape index (κ2) is 9.02. The van der Waals surface area contributed by atoms with Crippen LogP contribution < -0.4 is 14.7 Å². The van der Waals surface area contributed by atoms with E-state index in [2.05, 4.69) is 130 Å². The van der Waals surface area contributed by atoms with Gasteiger partial charge in [-0.05, 0) is 72.3 Å². The number of nitrogens with zero attached hydrogens (tertiary/aromatic N) is 4. The maximum atomic E-state index is 4.55. The van der Waals surface area contributed by atoms with Gasteiger partial charge in [-0.3, -0.25) is 4.98 Å². The van der Waals surface area contributed by atoms with Crippen LogP contribution in [0.25, 0.3) is 0 Å². The highest BCUT2D eigenvalue weighted by atomic mass is 32.2. The van der Waals surface area contributed by atoms with Gasteiger partial charge in [0.2, 0.25) is 0 Å². The monoisotopic (exact) mass is 498 g/mol. The van der Waals surface area contributed by atoms with Crippen LogP contribution in [0.15, 0.2) is 125 Å². The van der Waals surface area contributed by atoms with Crippen molar-refractivity contribution in [1.82, 2.24) is 4.98 Å². The lowest BCUT2D eigenvalue weighted by Crippen LogP contribution is -2.24. The third-order valence-electron chi connectivity index (χ3n) is 7.04. The van der Waals surface area contributed by atoms with Crippen LogP contribution in [-0.4, -0.2) is 18.7 Å². The molecule has 0 saturated carbocycles. The SMILES string of the molecule is CN1CN(c2cccc(N3c4ccccc4Sc4ccc(Cc5ccccn5)cc43)c2)c2ccccc21. The van der Waals surface area contributed by atoms with Gasteiger partial charge < -0.3 is 14.7 Å². The summed E-state index contributed by atoms with van der Waals surface area (Å²) in [6.07, 6.45) is 2.68. The Morgan fingerprint density at radius 3 is 2.30 bits per heavy atom. The topological polar surface area (TPSA) is 22.6 Å². The van der Waals surface area contributed by atoms with Gasteiger partial charge in [-0.15, -0.1) is 0 Å². The quantitative estimate of drug-likeness (QED) is 0.244. The van der Waals surface area contributed by atoms with E-state index >= 15 is 0 Å². The number of anilines is 6. The van der Waals surface area contributed by atoms with Crippen LogP contribution in [0.1, 0.15) is 11.3 Å². The fourth-order valence-corrected chi connectivity index (χ4v) is 6.34. The highest BCUT2D eigenvalue weighted by molar-refractivity contribution is 7.99. The summed E-state index contributed by atoms with van der Waals surface area (Å²) in [6, 6.07) is 39.2. The van der Waals surface area contributed by atoms with Crippen LogP contribution in [0, 0.1) is 0 Å². The fourth-order valence-electron chi connectivity index (χ4n) is 5.30. The van der Waals surface area contributed by atoms with Crippen LogP contribution in [0.5, 0.6) is 0 Å². The molecular weight excluding hydrogens is 472 g/mol. The molecule has 5 aromatic rings. The summed E-state index contributed by atoms with van der Waals surface area (Å²) in [7, 11) is 2.15. The first-order valence-electron chi connectivity index (χ1n) is 12.5. The van der Waals surface area contributed by atoms with Crippen LogP contribution in [0.2, 0.25) is 0 Å². The second-order valence-corrected chi connectivity index (χ2v) is 10.6. The summed E-state index contributed by atoms with van der Waals surface area (Å²) in [5.74, 6) is 0. The van der Waals surface area contributed by atoms with E-state index in [1.807, 2.05) is 24.0 Å². The Hall–Kier alpha value is -4.22. The van der Waals surface area contributed by atoms with Gasteiger partial charge in [0.05, 0.1) is 29.4 Å². The number of benzene rings is 4. The van der Waals surface area contributed by atoms with Gasteiger partial charge in [0.1, 0.15) is 0 Å². The number of fused-ring (bicyclic) bond motifs is 3. The second-order valence-electron chi connectivity index (χ2n) is 9.48. The number of hydrogen-bond donors (Lipinski definition) is 0. The molecule has 3 heterocycles. The number of aromatic nitrogens is 1. The molecule has 7 rings (SSSR count). The van der Waals surface area contributed by atoms with Crippen LogP contribution >= 0.6 is 11.8 Å². The third-order valence-corrected chi connectivity index (χ3v) is 8.17. The van der Waals surface area contributed by atoms with Gasteiger partial charge in [0.25, 0.3) is 0 Å². The molecule has 180 valence electrons. The van der Waals surface area contributed by atoms with Gasteiger partial charge in [0.15, 0.2) is 0 Å². The van der Waals surface area contributed by atoms with Gasteiger partial charge in [-0.2, -0.15) is 0 Å². The van der Waals surface area contributed by atoms with Crippen molar-refractivity contribution in [3.63, 3.8) is 0 Å². The first-order chi connectivity index (χ1) is 18.2. The van der Waals surface area contributed by atoms with Crippen molar-refractivity contribution in [2.45, 2.75) is 16.2 Å². The molecule has 4 aromatic carbocycles. The molecule has 2 aliphatic heterocycles. The van der Waals surface area contributed by atoms with Crippen molar-refractivity contribution in [2.24, 2.45) is 0 Å². The Kier molecular flexibility index (Phi) is 5.37. The number of hydrogen-bond acceptors (Lipinski definition) is 5. The molecule has 0 fully saturated rings. The molecule has 0 amide bonds. The van der Waals surface area contributed by atoms with Gasteiger partial charge >= 0.3 is 0 Å². The van der Waals surface area contributed by atoms with Gasteiger partial charge in [-0.25, -0.2) is 0 Å². The van der Waals surface area contributed by atoms with E-state index < -0.39 is 0 Å². The average Bonchev–Trinajstić information content (AvgIpc) is 3.29. The molecule has 4 nitrogen and oxygen atoms in total. The molecule has 5 heteroatoms. The maximum absolute atomic E-state index is 4.55. The lowest BCUT2D eigenvalue weighted by molar-refractivity contribution is 0.949. The highest BCUT2D eigenvalue weighted by Crippen LogP contribution is 2.52. The van der Waals surface area contributed by atoms with Crippen molar-refractivity contribution >= 4 is 45.9 Å². The maximum Gasteiger partial charge on any atom is 0.0950 e. The van der Waals surface area contributed by atoms with Crippen LogP contribution in [-0.2, 0) is 6.42 Å². The molecular formula is C32H26N4S. The minimum Gasteiger partial charge on any atom is -0.355 e. The zero-order chi connectivity index (χ0) is 24.8. The Labute approximate surface area is 221 Å². The molecule has 37 heavy (non-hydrogen) atoms. The van der Waals surface area contributed by atoms with Crippen LogP contribution in [0.4, 0.5) is 34.1 Å². The Morgan fingerprint density at radius 2 is 1.43 bits per heavy atom. The van der Waals surface area contributed by atoms with Crippen molar-refractivity contribution in [2.75, 3.05) is 28.4 Å². The molecule has 0 spiro atoms. The molecule has 0 N–H and O–H groups in total. The normalized spacial score (nSPS) is 13.8. The predicted molar refractivity (Wildman–Crippen MR) is 154 cm³/mol. The number of pyridine rings is 1. The van der Waals surface area contributed by atoms with Crippen molar-refractivity contribution in [1.29, 1.82) is 0 Å². The zero-order valence-electron chi connectivity index (χ0n) is 20.6. The lowest BCUT2D eigenvalue weighted by atomic mass is 10.1. The smallest absolute Gasteiger partial charge is 0.0950 e. The summed E-state index contributed by atoms with van der Waals surface area (Å²) < 4.78 is 0. The lowest BCUT2D eigenvalue weighted by Gasteiger charge is -2.34. The first kappa shape index (κ1) is 22.0. The molecule has 1 aromatic heterocycles. The number of rotatable bonds is 4. The van der Waals surface area contributed by atoms with E-state index in [0.717, 1.165) is 24.5 Å². The van der Waals surface area contributed by atoms with Crippen LogP contribution in [0.3, 0.4) is 0 Å². The predicted octanol–water partition coefficient (Wildman–Crippen LogP) is 8.15. The molecule has 0 atom stereocenters.